The Hall–Kier alpha value is -4.20. The number of aliphatic hydroxyl groups is 1. The Morgan fingerprint density at radius 3 is 2.14 bits per heavy atom. The minimum absolute atomic E-state index is 0.0407. The van der Waals surface area contributed by atoms with E-state index in [1.807, 2.05) is 0 Å². The molecule has 8 nitrogen and oxygen atoms in total. The van der Waals surface area contributed by atoms with Gasteiger partial charge in [0.25, 0.3) is 11.8 Å². The SMILES string of the molecule is O=Nc1ccc2c(c1)N(C(=O)c1ccncc1)C(=O)/C2=C(\O)c1ccncc1. The molecule has 2 aromatic heterocycles. The average Bonchev–Trinajstić information content (AvgIpc) is 3.04. The number of fused-ring (bicyclic) bond motifs is 1. The zero-order valence-corrected chi connectivity index (χ0v) is 14.3. The average molecular weight is 372 g/mol. The van der Waals surface area contributed by atoms with Crippen molar-refractivity contribution in [1.29, 1.82) is 0 Å². The third-order valence-electron chi connectivity index (χ3n) is 4.33. The zero-order chi connectivity index (χ0) is 19.7. The van der Waals surface area contributed by atoms with Crippen LogP contribution >= 0.6 is 0 Å². The highest BCUT2D eigenvalue weighted by Crippen LogP contribution is 2.42. The number of amides is 2. The minimum atomic E-state index is -0.700. The summed E-state index contributed by atoms with van der Waals surface area (Å²) in [5.74, 6) is -1.59. The molecule has 1 aliphatic rings. The highest BCUT2D eigenvalue weighted by atomic mass is 16.3. The summed E-state index contributed by atoms with van der Waals surface area (Å²) >= 11 is 0. The second-order valence-electron chi connectivity index (χ2n) is 5.93. The molecule has 0 spiro atoms. The molecule has 2 amide bonds. The maximum atomic E-state index is 13.1. The monoisotopic (exact) mass is 372 g/mol. The molecule has 1 aliphatic heterocycles. The largest absolute Gasteiger partial charge is 0.506 e. The number of rotatable bonds is 3. The lowest BCUT2D eigenvalue weighted by molar-refractivity contribution is -0.112. The molecule has 3 aromatic rings. The van der Waals surface area contributed by atoms with Gasteiger partial charge in [0.1, 0.15) is 11.4 Å². The number of hydrogen-bond donors (Lipinski definition) is 1. The molecule has 8 heteroatoms. The van der Waals surface area contributed by atoms with Crippen LogP contribution < -0.4 is 4.90 Å². The Morgan fingerprint density at radius 2 is 1.54 bits per heavy atom. The fourth-order valence-electron chi connectivity index (χ4n) is 3.02. The first-order valence-corrected chi connectivity index (χ1v) is 8.22. The molecule has 1 N–H and O–H groups in total. The van der Waals surface area contributed by atoms with E-state index in [-0.39, 0.29) is 28.3 Å². The van der Waals surface area contributed by atoms with Crippen molar-refractivity contribution in [3.63, 3.8) is 0 Å². The molecule has 0 saturated carbocycles. The second kappa shape index (κ2) is 6.84. The minimum Gasteiger partial charge on any atom is -0.506 e. The normalized spacial score (nSPS) is 14.6. The van der Waals surface area contributed by atoms with Gasteiger partial charge in [-0.15, -0.1) is 4.91 Å². The first-order valence-electron chi connectivity index (χ1n) is 8.22. The lowest BCUT2D eigenvalue weighted by atomic mass is 10.0. The van der Waals surface area contributed by atoms with E-state index in [0.29, 0.717) is 11.1 Å². The summed E-state index contributed by atoms with van der Waals surface area (Å²) in [7, 11) is 0. The van der Waals surface area contributed by atoms with Crippen molar-refractivity contribution in [1.82, 2.24) is 9.97 Å². The summed E-state index contributed by atoms with van der Waals surface area (Å²) in [6.07, 6.45) is 5.82. The smallest absolute Gasteiger partial charge is 0.269 e. The molecule has 0 aliphatic carbocycles. The maximum absolute atomic E-state index is 13.1. The molecule has 0 atom stereocenters. The van der Waals surface area contributed by atoms with Gasteiger partial charge in [0.15, 0.2) is 0 Å². The van der Waals surface area contributed by atoms with Crippen LogP contribution in [-0.2, 0) is 4.79 Å². The third-order valence-corrected chi connectivity index (χ3v) is 4.33. The van der Waals surface area contributed by atoms with Crippen LogP contribution in [0.25, 0.3) is 11.3 Å². The summed E-state index contributed by atoms with van der Waals surface area (Å²) in [6.45, 7) is 0. The highest BCUT2D eigenvalue weighted by Gasteiger charge is 2.39. The fourth-order valence-corrected chi connectivity index (χ4v) is 3.02. The molecule has 0 fully saturated rings. The van der Waals surface area contributed by atoms with Gasteiger partial charge < -0.3 is 5.11 Å². The van der Waals surface area contributed by atoms with Crippen molar-refractivity contribution in [3.05, 3.63) is 88.8 Å². The topological polar surface area (TPSA) is 113 Å². The summed E-state index contributed by atoms with van der Waals surface area (Å²) in [4.78, 5) is 45.7. The molecule has 0 bridgehead atoms. The Balaban J connectivity index is 1.92. The number of nitroso groups, excluding NO2 is 1. The Labute approximate surface area is 158 Å². The van der Waals surface area contributed by atoms with E-state index in [9.17, 15) is 19.6 Å². The highest BCUT2D eigenvalue weighted by molar-refractivity contribution is 6.44. The molecule has 1 aromatic carbocycles. The summed E-state index contributed by atoms with van der Waals surface area (Å²) < 4.78 is 0. The van der Waals surface area contributed by atoms with E-state index in [4.69, 9.17) is 0 Å². The molecule has 28 heavy (non-hydrogen) atoms. The Morgan fingerprint density at radius 1 is 0.929 bits per heavy atom. The predicted molar refractivity (Wildman–Crippen MR) is 102 cm³/mol. The maximum Gasteiger partial charge on any atom is 0.269 e. The quantitative estimate of drug-likeness (QED) is 0.326. The first kappa shape index (κ1) is 17.2. The number of aromatic nitrogens is 2. The zero-order valence-electron chi connectivity index (χ0n) is 14.3. The van der Waals surface area contributed by atoms with Crippen LogP contribution in [0.4, 0.5) is 11.4 Å². The molecule has 0 unspecified atom stereocenters. The van der Waals surface area contributed by atoms with Crippen molar-refractivity contribution < 1.29 is 14.7 Å². The third kappa shape index (κ3) is 2.73. The molecule has 3 heterocycles. The Bertz CT molecular complexity index is 1130. The molecular weight excluding hydrogens is 360 g/mol. The van der Waals surface area contributed by atoms with Gasteiger partial charge in [0.05, 0.1) is 11.3 Å². The van der Waals surface area contributed by atoms with E-state index in [1.54, 1.807) is 12.1 Å². The number of pyridine rings is 2. The number of aliphatic hydroxyl groups excluding tert-OH is 1. The van der Waals surface area contributed by atoms with Gasteiger partial charge in [-0.25, -0.2) is 4.90 Å². The summed E-state index contributed by atoms with van der Waals surface area (Å²) in [6, 6.07) is 10.3. The van der Waals surface area contributed by atoms with Crippen molar-refractivity contribution in [2.75, 3.05) is 4.90 Å². The van der Waals surface area contributed by atoms with Gasteiger partial charge in [-0.05, 0) is 47.6 Å². The van der Waals surface area contributed by atoms with Gasteiger partial charge in [0, 0.05) is 41.5 Å². The van der Waals surface area contributed by atoms with Crippen LogP contribution in [0.5, 0.6) is 0 Å². The predicted octanol–water partition coefficient (Wildman–Crippen LogP) is 3.49. The van der Waals surface area contributed by atoms with Crippen LogP contribution in [0.1, 0.15) is 21.5 Å². The van der Waals surface area contributed by atoms with E-state index in [0.717, 1.165) is 4.90 Å². The van der Waals surface area contributed by atoms with Gasteiger partial charge in [-0.2, -0.15) is 0 Å². The molecule has 136 valence electrons. The number of imide groups is 1. The number of carbonyl (C=O) groups excluding carboxylic acids is 2. The fraction of sp³-hybridized carbons (Fsp3) is 0. The van der Waals surface area contributed by atoms with Crippen LogP contribution in [0, 0.1) is 4.91 Å². The van der Waals surface area contributed by atoms with E-state index in [2.05, 4.69) is 15.1 Å². The van der Waals surface area contributed by atoms with E-state index < -0.39 is 11.8 Å². The lowest BCUT2D eigenvalue weighted by Gasteiger charge is -2.15. The van der Waals surface area contributed by atoms with Gasteiger partial charge in [-0.1, -0.05) is 0 Å². The van der Waals surface area contributed by atoms with Crippen molar-refractivity contribution in [2.24, 2.45) is 5.18 Å². The second-order valence-corrected chi connectivity index (χ2v) is 5.93. The number of anilines is 1. The number of hydrogen-bond acceptors (Lipinski definition) is 7. The standard InChI is InChI=1S/C20H12N4O4/c25-18(12-3-7-21-8-4-12)17-15-2-1-14(23-28)11-16(15)24(20(17)27)19(26)13-5-9-22-10-6-13/h1-11,25H/b18-17-. The van der Waals surface area contributed by atoms with Crippen LogP contribution in [0.3, 0.4) is 0 Å². The number of carbonyl (C=O) groups is 2. The van der Waals surface area contributed by atoms with Gasteiger partial charge in [-0.3, -0.25) is 19.6 Å². The van der Waals surface area contributed by atoms with Crippen LogP contribution in [0.2, 0.25) is 0 Å². The number of nitrogens with zero attached hydrogens (tertiary/aromatic N) is 4. The van der Waals surface area contributed by atoms with Crippen LogP contribution in [-0.4, -0.2) is 26.9 Å². The van der Waals surface area contributed by atoms with E-state index >= 15 is 0 Å². The van der Waals surface area contributed by atoms with E-state index in [1.165, 1.54) is 55.1 Å². The molecule has 0 saturated heterocycles. The lowest BCUT2D eigenvalue weighted by Crippen LogP contribution is -2.33. The molecule has 0 radical (unpaired) electrons. The van der Waals surface area contributed by atoms with Crippen LogP contribution in [0.15, 0.2) is 72.4 Å². The van der Waals surface area contributed by atoms with Gasteiger partial charge in [0.2, 0.25) is 0 Å². The summed E-state index contributed by atoms with van der Waals surface area (Å²) in [5, 5.41) is 13.6. The van der Waals surface area contributed by atoms with Gasteiger partial charge >= 0.3 is 0 Å². The van der Waals surface area contributed by atoms with Crippen molar-refractivity contribution in [3.8, 4) is 0 Å². The first-order chi connectivity index (χ1) is 13.6. The number of benzene rings is 1. The van der Waals surface area contributed by atoms with Crippen molar-refractivity contribution >= 4 is 34.5 Å². The molecule has 4 rings (SSSR count). The van der Waals surface area contributed by atoms with Crippen molar-refractivity contribution in [2.45, 2.75) is 0 Å². The molecular formula is C20H12N4O4. The summed E-state index contributed by atoms with van der Waals surface area (Å²) in [5.41, 5.74) is 1.14. The Kier molecular flexibility index (Phi) is 4.21.